The molecule has 72 valence electrons. The van der Waals surface area contributed by atoms with Crippen LogP contribution in [0.4, 0.5) is 0 Å². The third kappa shape index (κ3) is 0.980. The molecule has 1 unspecified atom stereocenters. The minimum atomic E-state index is -0.394. The zero-order valence-electron chi connectivity index (χ0n) is 7.44. The minimum absolute atomic E-state index is 0.394. The predicted molar refractivity (Wildman–Crippen MR) is 57.0 cm³/mol. The summed E-state index contributed by atoms with van der Waals surface area (Å²) in [6, 6.07) is 6.00. The Labute approximate surface area is 89.5 Å². The standard InChI is InChI=1S/C10H9BrN2O/c11-6-2-1-3-7-9(6)12-10-8(14)4-5-13(7)10/h1-3,8,14H,4-5H2. The van der Waals surface area contributed by atoms with Gasteiger partial charge in [-0.1, -0.05) is 6.07 Å². The normalized spacial score (nSPS) is 20.3. The second-order valence-corrected chi connectivity index (χ2v) is 4.39. The first-order chi connectivity index (χ1) is 6.77. The Balaban J connectivity index is 2.40. The van der Waals surface area contributed by atoms with Crippen molar-refractivity contribution in [3.05, 3.63) is 28.5 Å². The third-order valence-corrected chi connectivity index (χ3v) is 3.32. The van der Waals surface area contributed by atoms with E-state index in [-0.39, 0.29) is 0 Å². The van der Waals surface area contributed by atoms with Crippen LogP contribution in [0.25, 0.3) is 11.0 Å². The van der Waals surface area contributed by atoms with E-state index in [2.05, 4.69) is 25.5 Å². The number of hydrogen-bond donors (Lipinski definition) is 1. The number of aromatic nitrogens is 2. The number of benzene rings is 1. The second-order valence-electron chi connectivity index (χ2n) is 3.53. The van der Waals surface area contributed by atoms with Crippen molar-refractivity contribution in [3.8, 4) is 0 Å². The van der Waals surface area contributed by atoms with Crippen LogP contribution in [-0.4, -0.2) is 14.7 Å². The zero-order chi connectivity index (χ0) is 9.71. The Morgan fingerprint density at radius 3 is 3.21 bits per heavy atom. The maximum absolute atomic E-state index is 9.67. The van der Waals surface area contributed by atoms with Crippen LogP contribution in [0.5, 0.6) is 0 Å². The smallest absolute Gasteiger partial charge is 0.138 e. The van der Waals surface area contributed by atoms with Crippen LogP contribution in [0.3, 0.4) is 0 Å². The van der Waals surface area contributed by atoms with Gasteiger partial charge in [-0.15, -0.1) is 0 Å². The number of aliphatic hydroxyl groups excluding tert-OH is 1. The summed E-state index contributed by atoms with van der Waals surface area (Å²) in [4.78, 5) is 4.44. The molecule has 1 aromatic carbocycles. The molecule has 0 saturated carbocycles. The third-order valence-electron chi connectivity index (χ3n) is 2.68. The Kier molecular flexibility index (Phi) is 1.69. The monoisotopic (exact) mass is 252 g/mol. The second kappa shape index (κ2) is 2.81. The summed E-state index contributed by atoms with van der Waals surface area (Å²) >= 11 is 3.46. The van der Waals surface area contributed by atoms with Crippen LogP contribution in [-0.2, 0) is 6.54 Å². The van der Waals surface area contributed by atoms with Crippen LogP contribution < -0.4 is 0 Å². The van der Waals surface area contributed by atoms with Gasteiger partial charge in [0.2, 0.25) is 0 Å². The highest BCUT2D eigenvalue weighted by molar-refractivity contribution is 9.10. The number of fused-ring (bicyclic) bond motifs is 3. The first-order valence-electron chi connectivity index (χ1n) is 4.60. The van der Waals surface area contributed by atoms with E-state index >= 15 is 0 Å². The molecule has 0 amide bonds. The van der Waals surface area contributed by atoms with Crippen LogP contribution in [0.1, 0.15) is 18.3 Å². The molecule has 1 aromatic heterocycles. The van der Waals surface area contributed by atoms with Crippen molar-refractivity contribution in [1.82, 2.24) is 9.55 Å². The van der Waals surface area contributed by atoms with Gasteiger partial charge in [0.05, 0.1) is 5.52 Å². The van der Waals surface area contributed by atoms with Gasteiger partial charge in [-0.2, -0.15) is 0 Å². The van der Waals surface area contributed by atoms with Gasteiger partial charge in [-0.3, -0.25) is 0 Å². The van der Waals surface area contributed by atoms with Crippen molar-refractivity contribution in [1.29, 1.82) is 0 Å². The van der Waals surface area contributed by atoms with Crippen LogP contribution in [0.15, 0.2) is 22.7 Å². The molecule has 0 radical (unpaired) electrons. The molecule has 3 nitrogen and oxygen atoms in total. The SMILES string of the molecule is OC1CCn2c1nc1c(Br)cccc12. The van der Waals surface area contributed by atoms with Gasteiger partial charge in [-0.05, 0) is 34.5 Å². The predicted octanol–water partition coefficient (Wildman–Crippen LogP) is 2.24. The molecular weight excluding hydrogens is 244 g/mol. The summed E-state index contributed by atoms with van der Waals surface area (Å²) in [6.07, 6.45) is 0.388. The van der Waals surface area contributed by atoms with Gasteiger partial charge in [0.15, 0.2) is 0 Å². The molecule has 0 fully saturated rings. The molecule has 0 aliphatic carbocycles. The van der Waals surface area contributed by atoms with E-state index in [9.17, 15) is 5.11 Å². The van der Waals surface area contributed by atoms with Gasteiger partial charge in [0.1, 0.15) is 17.4 Å². The molecule has 0 saturated heterocycles. The minimum Gasteiger partial charge on any atom is -0.385 e. The molecule has 1 aliphatic rings. The van der Waals surface area contributed by atoms with Crippen LogP contribution in [0, 0.1) is 0 Å². The number of rotatable bonds is 0. The first kappa shape index (κ1) is 8.44. The lowest BCUT2D eigenvalue weighted by Crippen LogP contribution is -1.93. The molecular formula is C10H9BrN2O. The Bertz CT molecular complexity index is 506. The Morgan fingerprint density at radius 2 is 2.36 bits per heavy atom. The summed E-state index contributed by atoms with van der Waals surface area (Å²) in [5.74, 6) is 0.798. The lowest BCUT2D eigenvalue weighted by Gasteiger charge is -1.97. The van der Waals surface area contributed by atoms with Gasteiger partial charge >= 0.3 is 0 Å². The molecule has 1 N–H and O–H groups in total. The number of aryl methyl sites for hydroxylation is 1. The number of hydrogen-bond acceptors (Lipinski definition) is 2. The van der Waals surface area contributed by atoms with E-state index in [0.29, 0.717) is 0 Å². The average molecular weight is 253 g/mol. The molecule has 0 spiro atoms. The van der Waals surface area contributed by atoms with Crippen LogP contribution >= 0.6 is 15.9 Å². The highest BCUT2D eigenvalue weighted by atomic mass is 79.9. The number of halogens is 1. The molecule has 2 heterocycles. The van der Waals surface area contributed by atoms with E-state index < -0.39 is 6.10 Å². The molecule has 3 rings (SSSR count). The lowest BCUT2D eigenvalue weighted by molar-refractivity contribution is 0.176. The fourth-order valence-electron chi connectivity index (χ4n) is 2.00. The maximum atomic E-state index is 9.67. The van der Waals surface area contributed by atoms with E-state index in [4.69, 9.17) is 0 Å². The summed E-state index contributed by atoms with van der Waals surface area (Å²) < 4.78 is 3.08. The van der Waals surface area contributed by atoms with E-state index in [1.54, 1.807) is 0 Å². The highest BCUT2D eigenvalue weighted by Crippen LogP contribution is 2.32. The van der Waals surface area contributed by atoms with E-state index in [1.165, 1.54) is 0 Å². The van der Waals surface area contributed by atoms with Crippen molar-refractivity contribution in [2.24, 2.45) is 0 Å². The van der Waals surface area contributed by atoms with Gasteiger partial charge in [-0.25, -0.2) is 4.98 Å². The van der Waals surface area contributed by atoms with E-state index in [1.807, 2.05) is 18.2 Å². The van der Waals surface area contributed by atoms with Crippen molar-refractivity contribution >= 4 is 27.0 Å². The number of aliphatic hydroxyl groups is 1. The van der Waals surface area contributed by atoms with Gasteiger partial charge in [0.25, 0.3) is 0 Å². The molecule has 2 aromatic rings. The fraction of sp³-hybridized carbons (Fsp3) is 0.300. The molecule has 14 heavy (non-hydrogen) atoms. The topological polar surface area (TPSA) is 38.0 Å². The van der Waals surface area contributed by atoms with Crippen LogP contribution in [0.2, 0.25) is 0 Å². The average Bonchev–Trinajstić information content (AvgIpc) is 2.69. The molecule has 1 atom stereocenters. The summed E-state index contributed by atoms with van der Waals surface area (Å²) in [5.41, 5.74) is 2.05. The first-order valence-corrected chi connectivity index (χ1v) is 5.39. The molecule has 4 heteroatoms. The molecule has 1 aliphatic heterocycles. The summed E-state index contributed by atoms with van der Waals surface area (Å²) in [7, 11) is 0. The summed E-state index contributed by atoms with van der Waals surface area (Å²) in [5, 5.41) is 9.67. The Hall–Kier alpha value is -0.870. The van der Waals surface area contributed by atoms with Crippen molar-refractivity contribution in [2.75, 3.05) is 0 Å². The summed E-state index contributed by atoms with van der Waals surface area (Å²) in [6.45, 7) is 0.865. The van der Waals surface area contributed by atoms with Gasteiger partial charge in [0, 0.05) is 11.0 Å². The van der Waals surface area contributed by atoms with Gasteiger partial charge < -0.3 is 9.67 Å². The lowest BCUT2D eigenvalue weighted by atomic mass is 10.3. The van der Waals surface area contributed by atoms with Crippen molar-refractivity contribution in [2.45, 2.75) is 19.1 Å². The molecule has 0 bridgehead atoms. The number of nitrogens with zero attached hydrogens (tertiary/aromatic N) is 2. The van der Waals surface area contributed by atoms with Crippen molar-refractivity contribution in [3.63, 3.8) is 0 Å². The zero-order valence-corrected chi connectivity index (χ0v) is 9.03. The Morgan fingerprint density at radius 1 is 1.50 bits per heavy atom. The number of imidazole rings is 1. The van der Waals surface area contributed by atoms with Crippen molar-refractivity contribution < 1.29 is 5.11 Å². The fourth-order valence-corrected chi connectivity index (χ4v) is 2.45. The maximum Gasteiger partial charge on any atom is 0.138 e. The highest BCUT2D eigenvalue weighted by Gasteiger charge is 2.24. The van der Waals surface area contributed by atoms with E-state index in [0.717, 1.165) is 34.3 Å². The quantitative estimate of drug-likeness (QED) is 0.781. The number of para-hydroxylation sites is 1. The largest absolute Gasteiger partial charge is 0.385 e.